The highest BCUT2D eigenvalue weighted by atomic mass is 32.2. The summed E-state index contributed by atoms with van der Waals surface area (Å²) in [7, 11) is 1.52. The first-order valence-corrected chi connectivity index (χ1v) is 14.5. The van der Waals surface area contributed by atoms with Gasteiger partial charge in [-0.05, 0) is 66.1 Å². The maximum Gasteiger partial charge on any atom is 0.269 e. The van der Waals surface area contributed by atoms with Crippen molar-refractivity contribution in [1.29, 1.82) is 5.26 Å². The molecule has 4 rings (SSSR count). The van der Waals surface area contributed by atoms with Gasteiger partial charge in [0.2, 0.25) is 5.91 Å². The molecule has 0 bridgehead atoms. The predicted octanol–water partition coefficient (Wildman–Crippen LogP) is 7.23. The van der Waals surface area contributed by atoms with Gasteiger partial charge in [0.15, 0.2) is 0 Å². The van der Waals surface area contributed by atoms with Gasteiger partial charge in [-0.1, -0.05) is 87.5 Å². The van der Waals surface area contributed by atoms with Crippen molar-refractivity contribution in [2.45, 2.75) is 57.6 Å². The second kappa shape index (κ2) is 13.4. The summed E-state index contributed by atoms with van der Waals surface area (Å²) in [4.78, 5) is 28.8. The first kappa shape index (κ1) is 29.0. The van der Waals surface area contributed by atoms with E-state index >= 15 is 0 Å². The van der Waals surface area contributed by atoms with Gasteiger partial charge in [-0.25, -0.2) is 0 Å². The van der Waals surface area contributed by atoms with Crippen molar-refractivity contribution in [3.8, 4) is 11.8 Å². The third-order valence-corrected chi connectivity index (χ3v) is 8.20. The molecule has 0 saturated carbocycles. The lowest BCUT2D eigenvalue weighted by molar-refractivity contribution is -0.117. The van der Waals surface area contributed by atoms with E-state index in [-0.39, 0.29) is 11.5 Å². The minimum atomic E-state index is -0.591. The Bertz CT molecular complexity index is 1420. The summed E-state index contributed by atoms with van der Waals surface area (Å²) in [5, 5.41) is 12.8. The molecule has 3 aromatic carbocycles. The van der Waals surface area contributed by atoms with Gasteiger partial charge in [-0.15, -0.1) is 0 Å². The number of aryl methyl sites for hydroxylation is 1. The highest BCUT2D eigenvalue weighted by Gasteiger charge is 2.41. The Balaban J connectivity index is 1.68. The van der Waals surface area contributed by atoms with E-state index in [1.807, 2.05) is 24.3 Å². The van der Waals surface area contributed by atoms with E-state index in [4.69, 9.17) is 4.74 Å². The van der Waals surface area contributed by atoms with E-state index in [1.54, 1.807) is 24.3 Å². The van der Waals surface area contributed by atoms with Gasteiger partial charge in [-0.3, -0.25) is 14.5 Å². The third-order valence-electron chi connectivity index (χ3n) is 6.94. The number of para-hydroxylation sites is 2. The zero-order valence-corrected chi connectivity index (χ0v) is 24.3. The lowest BCUT2D eigenvalue weighted by atomic mass is 10.0. The van der Waals surface area contributed by atoms with Crippen LogP contribution in [0.2, 0.25) is 0 Å². The van der Waals surface area contributed by atoms with Crippen LogP contribution in [-0.2, 0) is 22.4 Å². The van der Waals surface area contributed by atoms with Crippen LogP contribution in [0.1, 0.15) is 56.2 Å². The second-order valence-electron chi connectivity index (χ2n) is 10.1. The maximum atomic E-state index is 13.9. The van der Waals surface area contributed by atoms with Gasteiger partial charge in [0.05, 0.1) is 18.0 Å². The highest BCUT2D eigenvalue weighted by molar-refractivity contribution is 8.05. The molecule has 2 amide bonds. The number of anilines is 2. The van der Waals surface area contributed by atoms with Crippen molar-refractivity contribution in [3.05, 3.63) is 100 Å². The molecule has 0 radical (unpaired) electrons. The molecule has 3 aromatic rings. The van der Waals surface area contributed by atoms with Crippen LogP contribution in [0.3, 0.4) is 0 Å². The standard InChI is InChI=1S/C33H35N3O3S/c1-5-6-9-23-12-14-24(15-13-23)20-30-32(38)36(26-18-16-25(17-19-26)22(2)3)33(40-30)27(21-34)31(37)35-28-10-7-8-11-29(28)39-4/h7-8,10-19,22,30H,5-6,9,20H2,1-4H3,(H,35,37)/b33-27-. The second-order valence-corrected chi connectivity index (χ2v) is 11.3. The predicted molar refractivity (Wildman–Crippen MR) is 162 cm³/mol. The summed E-state index contributed by atoms with van der Waals surface area (Å²) in [6.07, 6.45) is 3.81. The fourth-order valence-corrected chi connectivity index (χ4v) is 5.91. The van der Waals surface area contributed by atoms with Crippen molar-refractivity contribution < 1.29 is 14.3 Å². The Morgan fingerprint density at radius 2 is 1.73 bits per heavy atom. The number of carbonyl (C=O) groups excluding carboxylic acids is 2. The highest BCUT2D eigenvalue weighted by Crippen LogP contribution is 2.42. The normalized spacial score (nSPS) is 16.1. The first-order chi connectivity index (χ1) is 19.4. The molecule has 40 heavy (non-hydrogen) atoms. The van der Waals surface area contributed by atoms with Gasteiger partial charge in [-0.2, -0.15) is 5.26 Å². The number of hydrogen-bond donors (Lipinski definition) is 1. The van der Waals surface area contributed by atoms with E-state index in [9.17, 15) is 14.9 Å². The quantitative estimate of drug-likeness (QED) is 0.212. The number of hydrogen-bond acceptors (Lipinski definition) is 5. The fourth-order valence-electron chi connectivity index (χ4n) is 4.60. The Hall–Kier alpha value is -4.02. The van der Waals surface area contributed by atoms with Crippen LogP contribution < -0.4 is 15.0 Å². The monoisotopic (exact) mass is 553 g/mol. The molecule has 206 valence electrons. The maximum absolute atomic E-state index is 13.9. The van der Waals surface area contributed by atoms with Crippen molar-refractivity contribution in [2.75, 3.05) is 17.3 Å². The smallest absolute Gasteiger partial charge is 0.269 e. The van der Waals surface area contributed by atoms with Crippen molar-refractivity contribution >= 4 is 35.0 Å². The van der Waals surface area contributed by atoms with E-state index in [0.29, 0.717) is 34.5 Å². The molecule has 6 nitrogen and oxygen atoms in total. The molecule has 0 aliphatic carbocycles. The van der Waals surface area contributed by atoms with Crippen LogP contribution in [0.4, 0.5) is 11.4 Å². The average Bonchev–Trinajstić information content (AvgIpc) is 3.28. The van der Waals surface area contributed by atoms with E-state index in [1.165, 1.54) is 29.3 Å². The van der Waals surface area contributed by atoms with Crippen LogP contribution in [0.5, 0.6) is 5.75 Å². The SMILES string of the molecule is CCCCc1ccc(CC2S/C(=C(/C#N)C(=O)Nc3ccccc3OC)N(c3ccc(C(C)C)cc3)C2=O)cc1. The number of benzene rings is 3. The van der Waals surface area contributed by atoms with Crippen LogP contribution in [-0.4, -0.2) is 24.2 Å². The first-order valence-electron chi connectivity index (χ1n) is 13.6. The summed E-state index contributed by atoms with van der Waals surface area (Å²) in [6.45, 7) is 6.39. The lowest BCUT2D eigenvalue weighted by Crippen LogP contribution is -2.31. The molecule has 1 heterocycles. The Labute approximate surface area is 241 Å². The topological polar surface area (TPSA) is 82.4 Å². The summed E-state index contributed by atoms with van der Waals surface area (Å²) in [5.74, 6) is 0.0778. The Morgan fingerprint density at radius 1 is 1.05 bits per heavy atom. The number of rotatable bonds is 10. The van der Waals surface area contributed by atoms with E-state index < -0.39 is 11.2 Å². The van der Waals surface area contributed by atoms with Gasteiger partial charge in [0.25, 0.3) is 5.91 Å². The molecule has 0 spiro atoms. The number of amides is 2. The van der Waals surface area contributed by atoms with Crippen molar-refractivity contribution in [3.63, 3.8) is 0 Å². The van der Waals surface area contributed by atoms with Crippen LogP contribution in [0.25, 0.3) is 0 Å². The number of unbranched alkanes of at least 4 members (excludes halogenated alkanes) is 1. The molecule has 1 unspecified atom stereocenters. The summed E-state index contributed by atoms with van der Waals surface area (Å²) in [6, 6.07) is 25.2. The zero-order chi connectivity index (χ0) is 28.6. The van der Waals surface area contributed by atoms with Crippen molar-refractivity contribution in [1.82, 2.24) is 0 Å². The Morgan fingerprint density at radius 3 is 2.35 bits per heavy atom. The molecule has 1 fully saturated rings. The number of nitrogens with one attached hydrogen (secondary N) is 1. The molecule has 1 atom stereocenters. The average molecular weight is 554 g/mol. The van der Waals surface area contributed by atoms with Crippen LogP contribution in [0.15, 0.2) is 83.4 Å². The molecular weight excluding hydrogens is 518 g/mol. The van der Waals surface area contributed by atoms with Gasteiger partial charge < -0.3 is 10.1 Å². The van der Waals surface area contributed by atoms with Crippen LogP contribution in [0, 0.1) is 11.3 Å². The number of methoxy groups -OCH3 is 1. The minimum Gasteiger partial charge on any atom is -0.495 e. The van der Waals surface area contributed by atoms with Crippen molar-refractivity contribution in [2.24, 2.45) is 0 Å². The van der Waals surface area contributed by atoms with Gasteiger partial charge in [0.1, 0.15) is 22.4 Å². The fraction of sp³-hybridized carbons (Fsp3) is 0.303. The van der Waals surface area contributed by atoms with Gasteiger partial charge >= 0.3 is 0 Å². The minimum absolute atomic E-state index is 0.116. The third kappa shape index (κ3) is 6.57. The van der Waals surface area contributed by atoms with E-state index in [0.717, 1.165) is 30.4 Å². The summed E-state index contributed by atoms with van der Waals surface area (Å²) < 4.78 is 5.35. The molecule has 1 aliphatic rings. The molecule has 7 heteroatoms. The molecule has 1 N–H and O–H groups in total. The number of carbonyl (C=O) groups is 2. The molecular formula is C33H35N3O3S. The number of nitrogens with zero attached hydrogens (tertiary/aromatic N) is 2. The zero-order valence-electron chi connectivity index (χ0n) is 23.4. The molecule has 1 saturated heterocycles. The lowest BCUT2D eigenvalue weighted by Gasteiger charge is -2.20. The number of ether oxygens (including phenoxy) is 1. The van der Waals surface area contributed by atoms with Gasteiger partial charge in [0, 0.05) is 5.69 Å². The number of nitriles is 1. The largest absolute Gasteiger partial charge is 0.495 e. The molecule has 0 aromatic heterocycles. The molecule has 1 aliphatic heterocycles. The van der Waals surface area contributed by atoms with E-state index in [2.05, 4.69) is 56.4 Å². The summed E-state index contributed by atoms with van der Waals surface area (Å²) >= 11 is 1.27. The summed E-state index contributed by atoms with van der Waals surface area (Å²) in [5.41, 5.74) is 4.43. The van der Waals surface area contributed by atoms with Crippen LogP contribution >= 0.6 is 11.8 Å². The number of thioether (sulfide) groups is 1. The Kier molecular flexibility index (Phi) is 9.68.